The summed E-state index contributed by atoms with van der Waals surface area (Å²) in [6.07, 6.45) is 3.40. The molecule has 0 bridgehead atoms. The summed E-state index contributed by atoms with van der Waals surface area (Å²) in [7, 11) is 0. The predicted molar refractivity (Wildman–Crippen MR) is 100 cm³/mol. The van der Waals surface area contributed by atoms with Crippen molar-refractivity contribution in [1.29, 1.82) is 0 Å². The second-order valence-corrected chi connectivity index (χ2v) is 7.32. The quantitative estimate of drug-likeness (QED) is 0.754. The zero-order valence-electron chi connectivity index (χ0n) is 15.7. The molecule has 1 aliphatic carbocycles. The van der Waals surface area contributed by atoms with E-state index in [2.05, 4.69) is 6.92 Å². The maximum atomic E-state index is 13.3. The molecule has 1 aromatic heterocycles. The van der Waals surface area contributed by atoms with Crippen LogP contribution in [0.1, 0.15) is 55.5 Å². The first-order chi connectivity index (χ1) is 13.3. The van der Waals surface area contributed by atoms with Crippen molar-refractivity contribution >= 4 is 12.0 Å². The number of aliphatic hydroxyl groups excluding tert-OH is 2. The van der Waals surface area contributed by atoms with Crippen LogP contribution in [0.5, 0.6) is 0 Å². The molecule has 1 heterocycles. The minimum Gasteiger partial charge on any atom is -0.550 e. The molecule has 1 aromatic carbocycles. The highest BCUT2D eigenvalue weighted by Gasteiger charge is 2.25. The molecule has 3 rings (SSSR count). The number of aromatic nitrogens is 2. The molecule has 0 amide bonds. The van der Waals surface area contributed by atoms with Crippen molar-refractivity contribution in [1.82, 2.24) is 9.78 Å². The Hall–Kier alpha value is -2.51. The van der Waals surface area contributed by atoms with Gasteiger partial charge in [-0.3, -0.25) is 0 Å². The summed E-state index contributed by atoms with van der Waals surface area (Å²) >= 11 is 0. The minimum absolute atomic E-state index is 0.103. The van der Waals surface area contributed by atoms with E-state index < -0.39 is 24.6 Å². The summed E-state index contributed by atoms with van der Waals surface area (Å²) in [6, 6.07) is 6.04. The van der Waals surface area contributed by atoms with E-state index in [1.165, 1.54) is 18.2 Å². The van der Waals surface area contributed by atoms with E-state index >= 15 is 0 Å². The van der Waals surface area contributed by atoms with Gasteiger partial charge in [0, 0.05) is 30.3 Å². The molecule has 28 heavy (non-hydrogen) atoms. The number of rotatable bonds is 7. The van der Waals surface area contributed by atoms with Crippen LogP contribution in [0.4, 0.5) is 4.39 Å². The van der Waals surface area contributed by atoms with Crippen LogP contribution >= 0.6 is 0 Å². The molecule has 0 radical (unpaired) electrons. The van der Waals surface area contributed by atoms with Crippen molar-refractivity contribution in [2.45, 2.75) is 57.2 Å². The van der Waals surface area contributed by atoms with Crippen molar-refractivity contribution in [3.63, 3.8) is 0 Å². The lowest BCUT2D eigenvalue weighted by molar-refractivity contribution is -0.307. The number of hydrogen-bond donors (Lipinski definition) is 2. The third-order valence-corrected chi connectivity index (χ3v) is 5.05. The van der Waals surface area contributed by atoms with Crippen molar-refractivity contribution in [2.24, 2.45) is 0 Å². The number of halogens is 1. The number of carboxylic acid groups (broad SMARTS) is 1. The molecule has 2 aromatic rings. The smallest absolute Gasteiger partial charge is 0.123 e. The standard InChI is InChI=1S/C21H25FN2O4/c1-13-3-2-4-18-19(10-9-16(25)11-17(26)12-20(27)28)24(23-21(13)18)15-7-5-14(22)6-8-15/h5-10,13,16-17,25-26H,2-4,11-12H2,1H3,(H,27,28)/p-1/b10-9+/t13?,16-,17-/m1/s1. The Kier molecular flexibility index (Phi) is 6.26. The van der Waals surface area contributed by atoms with Gasteiger partial charge in [0.1, 0.15) is 5.82 Å². The molecule has 7 heteroatoms. The minimum atomic E-state index is -1.36. The average molecular weight is 387 g/mol. The van der Waals surface area contributed by atoms with Crippen LogP contribution in [0.25, 0.3) is 11.8 Å². The number of carbonyl (C=O) groups excluding carboxylic acids is 1. The average Bonchev–Trinajstić information content (AvgIpc) is 3.00. The van der Waals surface area contributed by atoms with E-state index in [-0.39, 0.29) is 12.2 Å². The molecule has 0 saturated carbocycles. The molecular weight excluding hydrogens is 363 g/mol. The summed E-state index contributed by atoms with van der Waals surface area (Å²) in [5, 5.41) is 35.1. The maximum Gasteiger partial charge on any atom is 0.123 e. The Balaban J connectivity index is 1.90. The Morgan fingerprint density at radius 2 is 2.11 bits per heavy atom. The molecular formula is C21H24FN2O4-. The summed E-state index contributed by atoms with van der Waals surface area (Å²) in [6.45, 7) is 2.12. The van der Waals surface area contributed by atoms with E-state index in [1.54, 1.807) is 22.9 Å². The molecule has 2 N–H and O–H groups in total. The first kappa shape index (κ1) is 20.2. The first-order valence-electron chi connectivity index (χ1n) is 9.47. The molecule has 6 nitrogen and oxygen atoms in total. The zero-order chi connectivity index (χ0) is 20.3. The number of hydrogen-bond acceptors (Lipinski definition) is 5. The zero-order valence-corrected chi connectivity index (χ0v) is 15.7. The normalized spacial score (nSPS) is 18.8. The van der Waals surface area contributed by atoms with Crippen molar-refractivity contribution in [3.05, 3.63) is 53.1 Å². The van der Waals surface area contributed by atoms with Crippen molar-refractivity contribution in [3.8, 4) is 5.69 Å². The molecule has 3 atom stereocenters. The highest BCUT2D eigenvalue weighted by Crippen LogP contribution is 2.34. The fourth-order valence-electron chi connectivity index (χ4n) is 3.64. The van der Waals surface area contributed by atoms with E-state index in [9.17, 15) is 24.5 Å². The second kappa shape index (κ2) is 8.67. The van der Waals surface area contributed by atoms with Gasteiger partial charge in [0.25, 0.3) is 0 Å². The van der Waals surface area contributed by atoms with Gasteiger partial charge in [0.15, 0.2) is 0 Å². The van der Waals surface area contributed by atoms with Gasteiger partial charge in [0.05, 0.1) is 29.3 Å². The molecule has 0 fully saturated rings. The Bertz CT molecular complexity index is 860. The number of carboxylic acids is 1. The van der Waals surface area contributed by atoms with Gasteiger partial charge in [-0.2, -0.15) is 5.10 Å². The lowest BCUT2D eigenvalue weighted by Gasteiger charge is -2.17. The Morgan fingerprint density at radius 3 is 2.79 bits per heavy atom. The van der Waals surface area contributed by atoms with E-state index in [1.807, 2.05) is 0 Å². The van der Waals surface area contributed by atoms with Gasteiger partial charge < -0.3 is 20.1 Å². The van der Waals surface area contributed by atoms with Crippen molar-refractivity contribution < 1.29 is 24.5 Å². The van der Waals surface area contributed by atoms with E-state index in [0.717, 1.165) is 36.2 Å². The number of carbonyl (C=O) groups is 1. The van der Waals surface area contributed by atoms with Crippen LogP contribution < -0.4 is 5.11 Å². The Morgan fingerprint density at radius 1 is 1.39 bits per heavy atom. The van der Waals surface area contributed by atoms with Crippen LogP contribution in [0.2, 0.25) is 0 Å². The fraction of sp³-hybridized carbons (Fsp3) is 0.429. The van der Waals surface area contributed by atoms with E-state index in [0.29, 0.717) is 11.6 Å². The van der Waals surface area contributed by atoms with Crippen LogP contribution in [-0.2, 0) is 11.2 Å². The highest BCUT2D eigenvalue weighted by atomic mass is 19.1. The molecule has 0 spiro atoms. The molecule has 0 saturated heterocycles. The summed E-state index contributed by atoms with van der Waals surface area (Å²) in [5.41, 5.74) is 3.62. The topological polar surface area (TPSA) is 98.4 Å². The maximum absolute atomic E-state index is 13.3. The van der Waals surface area contributed by atoms with Gasteiger partial charge in [-0.15, -0.1) is 0 Å². The number of aliphatic hydroxyl groups is 2. The third kappa shape index (κ3) is 4.66. The molecule has 1 aliphatic rings. The fourth-order valence-corrected chi connectivity index (χ4v) is 3.64. The monoisotopic (exact) mass is 387 g/mol. The largest absolute Gasteiger partial charge is 0.550 e. The summed E-state index contributed by atoms with van der Waals surface area (Å²) < 4.78 is 15.1. The van der Waals surface area contributed by atoms with Crippen molar-refractivity contribution in [2.75, 3.05) is 0 Å². The van der Waals surface area contributed by atoms with Gasteiger partial charge in [-0.25, -0.2) is 9.07 Å². The third-order valence-electron chi connectivity index (χ3n) is 5.05. The predicted octanol–water partition coefficient (Wildman–Crippen LogP) is 1.72. The number of benzene rings is 1. The second-order valence-electron chi connectivity index (χ2n) is 7.32. The summed E-state index contributed by atoms with van der Waals surface area (Å²) in [4.78, 5) is 10.5. The lowest BCUT2D eigenvalue weighted by atomic mass is 9.88. The van der Waals surface area contributed by atoms with Gasteiger partial charge in [-0.1, -0.05) is 13.0 Å². The van der Waals surface area contributed by atoms with E-state index in [4.69, 9.17) is 5.10 Å². The van der Waals surface area contributed by atoms with Gasteiger partial charge in [-0.05, 0) is 49.6 Å². The SMILES string of the molecule is CC1CCCc2c1nn(-c1ccc(F)cc1)c2/C=C/[C@@H](O)C[C@@H](O)CC(=O)[O-]. The lowest BCUT2D eigenvalue weighted by Crippen LogP contribution is -2.29. The summed E-state index contributed by atoms with van der Waals surface area (Å²) in [5.74, 6) is -1.38. The Labute approximate surface area is 162 Å². The number of aliphatic carboxylic acids is 1. The van der Waals surface area contributed by atoms with Crippen LogP contribution in [0, 0.1) is 5.82 Å². The number of nitrogens with zero attached hydrogens (tertiary/aromatic N) is 2. The number of fused-ring (bicyclic) bond motifs is 1. The first-order valence-corrected chi connectivity index (χ1v) is 9.47. The molecule has 0 aliphatic heterocycles. The van der Waals surface area contributed by atoms with Gasteiger partial charge >= 0.3 is 0 Å². The van der Waals surface area contributed by atoms with Gasteiger partial charge in [0.2, 0.25) is 0 Å². The molecule has 150 valence electrons. The van der Waals surface area contributed by atoms with Crippen LogP contribution in [-0.4, -0.2) is 38.2 Å². The molecule has 1 unspecified atom stereocenters. The van der Waals surface area contributed by atoms with Crippen LogP contribution in [0.3, 0.4) is 0 Å². The van der Waals surface area contributed by atoms with Crippen LogP contribution in [0.15, 0.2) is 30.3 Å². The highest BCUT2D eigenvalue weighted by molar-refractivity contribution is 5.64.